The fraction of sp³-hybridized carbons (Fsp3) is 0.652. The molecule has 2 saturated heterocycles. The van der Waals surface area contributed by atoms with Crippen LogP contribution in [0.1, 0.15) is 43.7 Å². The maximum absolute atomic E-state index is 11.7. The van der Waals surface area contributed by atoms with Gasteiger partial charge in [0.05, 0.1) is 13.0 Å². The predicted molar refractivity (Wildman–Crippen MR) is 132 cm³/mol. The van der Waals surface area contributed by atoms with Gasteiger partial charge >= 0.3 is 5.97 Å². The number of nitrogens with one attached hydrogen (secondary N) is 1. The number of halogens is 1. The normalized spacial score (nSPS) is 19.3. The molecule has 0 spiro atoms. The average Bonchev–Trinajstić information content (AvgIpc) is 2.76. The van der Waals surface area contributed by atoms with E-state index in [0.29, 0.717) is 0 Å². The summed E-state index contributed by atoms with van der Waals surface area (Å²) >= 11 is 0. The van der Waals surface area contributed by atoms with Crippen molar-refractivity contribution < 1.29 is 9.53 Å². The zero-order valence-corrected chi connectivity index (χ0v) is 20.9. The van der Waals surface area contributed by atoms with E-state index in [1.54, 1.807) is 0 Å². The van der Waals surface area contributed by atoms with Gasteiger partial charge in [-0.2, -0.15) is 0 Å². The van der Waals surface area contributed by atoms with Crippen LogP contribution < -0.4 is 5.32 Å². The van der Waals surface area contributed by atoms with Crippen LogP contribution in [0.3, 0.4) is 0 Å². The number of methoxy groups -OCH3 is 1. The van der Waals surface area contributed by atoms with E-state index in [9.17, 15) is 4.79 Å². The van der Waals surface area contributed by atoms with Crippen LogP contribution in [0.5, 0.6) is 0 Å². The molecule has 2 fully saturated rings. The summed E-state index contributed by atoms with van der Waals surface area (Å²) in [5.41, 5.74) is 2.66. The molecule has 0 aliphatic carbocycles. The number of rotatable bonds is 5. The molecular weight excluding hydrogens is 491 g/mol. The van der Waals surface area contributed by atoms with Crippen molar-refractivity contribution in [1.82, 2.24) is 15.1 Å². The van der Waals surface area contributed by atoms with E-state index in [-0.39, 0.29) is 35.9 Å². The monoisotopic (exact) mass is 528 g/mol. The van der Waals surface area contributed by atoms with Gasteiger partial charge in [0.1, 0.15) is 0 Å². The Kier molecular flexibility index (Phi) is 10.4. The van der Waals surface area contributed by atoms with Crippen LogP contribution in [0.25, 0.3) is 0 Å². The topological polar surface area (TPSA) is 57.2 Å². The van der Waals surface area contributed by atoms with Crippen molar-refractivity contribution in [1.29, 1.82) is 0 Å². The van der Waals surface area contributed by atoms with Crippen LogP contribution in [0.4, 0.5) is 0 Å². The maximum atomic E-state index is 11.7. The van der Waals surface area contributed by atoms with Crippen LogP contribution in [-0.2, 0) is 22.6 Å². The molecule has 0 unspecified atom stereocenters. The van der Waals surface area contributed by atoms with Crippen LogP contribution in [0, 0.1) is 11.8 Å². The Morgan fingerprint density at radius 2 is 1.80 bits per heavy atom. The van der Waals surface area contributed by atoms with Gasteiger partial charge in [0.25, 0.3) is 0 Å². The first-order valence-electron chi connectivity index (χ1n) is 10.9. The number of aliphatic imine (C=N–C) groups is 1. The minimum atomic E-state index is -0.0902. The van der Waals surface area contributed by atoms with Gasteiger partial charge in [-0.15, -0.1) is 24.0 Å². The van der Waals surface area contributed by atoms with Crippen LogP contribution in [-0.4, -0.2) is 62.1 Å². The summed E-state index contributed by atoms with van der Waals surface area (Å²) in [6.45, 7) is 8.22. The number of hydrogen-bond acceptors (Lipinski definition) is 4. The summed E-state index contributed by atoms with van der Waals surface area (Å²) < 4.78 is 4.88. The minimum absolute atomic E-state index is 0. The van der Waals surface area contributed by atoms with Crippen molar-refractivity contribution in [3.05, 3.63) is 35.4 Å². The van der Waals surface area contributed by atoms with E-state index in [0.717, 1.165) is 50.9 Å². The van der Waals surface area contributed by atoms with Gasteiger partial charge in [-0.25, -0.2) is 0 Å². The van der Waals surface area contributed by atoms with Gasteiger partial charge < -0.3 is 15.0 Å². The van der Waals surface area contributed by atoms with E-state index in [2.05, 4.69) is 51.3 Å². The third-order valence-electron chi connectivity index (χ3n) is 6.27. The fourth-order valence-electron chi connectivity index (χ4n) is 4.32. The lowest BCUT2D eigenvalue weighted by Crippen LogP contribution is -2.46. The lowest BCUT2D eigenvalue weighted by Gasteiger charge is -2.33. The van der Waals surface area contributed by atoms with Crippen molar-refractivity contribution in [2.24, 2.45) is 16.8 Å². The molecule has 0 saturated carbocycles. The number of carbonyl (C=O) groups is 1. The molecule has 2 heterocycles. The molecule has 1 N–H and O–H groups in total. The summed E-state index contributed by atoms with van der Waals surface area (Å²) in [6, 6.07) is 8.87. The number of carbonyl (C=O) groups excluding carboxylic acids is 1. The van der Waals surface area contributed by atoms with Gasteiger partial charge in [-0.3, -0.25) is 14.7 Å². The molecule has 2 aliphatic heterocycles. The molecule has 30 heavy (non-hydrogen) atoms. The molecular formula is C23H37IN4O2. The number of ether oxygens (including phenoxy) is 1. The highest BCUT2D eigenvalue weighted by atomic mass is 127. The van der Waals surface area contributed by atoms with Crippen LogP contribution in [0.2, 0.25) is 0 Å². The van der Waals surface area contributed by atoms with E-state index in [1.807, 2.05) is 7.05 Å². The smallest absolute Gasteiger partial charge is 0.308 e. The van der Waals surface area contributed by atoms with Crippen molar-refractivity contribution in [2.75, 3.05) is 40.3 Å². The Bertz CT molecular complexity index is 696. The zero-order chi connectivity index (χ0) is 20.6. The van der Waals surface area contributed by atoms with Crippen molar-refractivity contribution >= 4 is 35.9 Å². The molecule has 1 aromatic rings. The standard InChI is InChI=1S/C23H36N4O2.HI/c1-18-7-11-26(12-8-18)17-20-6-4-5-19(15-20)16-25-23(24-2)27-13-9-21(10-14-27)22(28)29-3;/h4-6,15,18,21H,7-14,16-17H2,1-3H3,(H,24,25);1H. The molecule has 0 atom stereocenters. The lowest BCUT2D eigenvalue weighted by molar-refractivity contribution is -0.146. The van der Waals surface area contributed by atoms with Crippen molar-refractivity contribution in [2.45, 2.75) is 45.7 Å². The SMILES string of the molecule is CN=C(NCc1cccc(CN2CCC(C)CC2)c1)N1CCC(C(=O)OC)CC1.I. The molecule has 0 amide bonds. The first-order chi connectivity index (χ1) is 14.1. The van der Waals surface area contributed by atoms with Gasteiger partial charge in [0, 0.05) is 33.2 Å². The summed E-state index contributed by atoms with van der Waals surface area (Å²) in [6.07, 6.45) is 4.25. The summed E-state index contributed by atoms with van der Waals surface area (Å²) in [5, 5.41) is 3.50. The Hall–Kier alpha value is -1.35. The zero-order valence-electron chi connectivity index (χ0n) is 18.6. The lowest BCUT2D eigenvalue weighted by atomic mass is 9.97. The number of nitrogens with zero attached hydrogens (tertiary/aromatic N) is 3. The van der Waals surface area contributed by atoms with E-state index < -0.39 is 0 Å². The Morgan fingerprint density at radius 1 is 1.13 bits per heavy atom. The number of benzene rings is 1. The molecule has 3 rings (SSSR count). The highest BCUT2D eigenvalue weighted by molar-refractivity contribution is 14.0. The average molecular weight is 528 g/mol. The second-order valence-corrected chi connectivity index (χ2v) is 8.46. The predicted octanol–water partition coefficient (Wildman–Crippen LogP) is 3.50. The third kappa shape index (κ3) is 7.11. The number of piperidine rings is 2. The Morgan fingerprint density at radius 3 is 2.43 bits per heavy atom. The van der Waals surface area contributed by atoms with Gasteiger partial charge in [-0.05, 0) is 55.8 Å². The van der Waals surface area contributed by atoms with Crippen LogP contribution >= 0.6 is 24.0 Å². The minimum Gasteiger partial charge on any atom is -0.469 e. The van der Waals surface area contributed by atoms with Crippen LogP contribution in [0.15, 0.2) is 29.3 Å². The second-order valence-electron chi connectivity index (χ2n) is 8.46. The molecule has 1 aromatic carbocycles. The highest BCUT2D eigenvalue weighted by Crippen LogP contribution is 2.20. The fourth-order valence-corrected chi connectivity index (χ4v) is 4.32. The number of hydrogen-bond donors (Lipinski definition) is 1. The maximum Gasteiger partial charge on any atom is 0.308 e. The summed E-state index contributed by atoms with van der Waals surface area (Å²) in [7, 11) is 3.29. The summed E-state index contributed by atoms with van der Waals surface area (Å²) in [5.74, 6) is 1.70. The molecule has 0 bridgehead atoms. The van der Waals surface area contributed by atoms with Gasteiger partial charge in [0.15, 0.2) is 5.96 Å². The third-order valence-corrected chi connectivity index (χ3v) is 6.27. The van der Waals surface area contributed by atoms with E-state index >= 15 is 0 Å². The summed E-state index contributed by atoms with van der Waals surface area (Å²) in [4.78, 5) is 21.0. The Labute approximate surface area is 198 Å². The largest absolute Gasteiger partial charge is 0.469 e. The quantitative estimate of drug-likeness (QED) is 0.275. The molecule has 2 aliphatic rings. The van der Waals surface area contributed by atoms with E-state index in [1.165, 1.54) is 44.2 Å². The van der Waals surface area contributed by atoms with E-state index in [4.69, 9.17) is 4.74 Å². The van der Waals surface area contributed by atoms with Gasteiger partial charge in [-0.1, -0.05) is 31.2 Å². The second kappa shape index (κ2) is 12.5. The molecule has 0 aromatic heterocycles. The molecule has 168 valence electrons. The number of esters is 1. The molecule has 6 nitrogen and oxygen atoms in total. The first-order valence-corrected chi connectivity index (χ1v) is 10.9. The first kappa shape index (κ1) is 24.9. The van der Waals surface area contributed by atoms with Gasteiger partial charge in [0.2, 0.25) is 0 Å². The van der Waals surface area contributed by atoms with Crippen molar-refractivity contribution in [3.8, 4) is 0 Å². The van der Waals surface area contributed by atoms with Crippen molar-refractivity contribution in [3.63, 3.8) is 0 Å². The highest BCUT2D eigenvalue weighted by Gasteiger charge is 2.26. The number of likely N-dealkylation sites (tertiary alicyclic amines) is 2. The number of guanidine groups is 1. The molecule has 0 radical (unpaired) electrons. The Balaban J connectivity index is 0.00000320. The molecule has 7 heteroatoms.